The van der Waals surface area contributed by atoms with Gasteiger partial charge in [0.25, 0.3) is 0 Å². The van der Waals surface area contributed by atoms with Crippen molar-refractivity contribution in [2.45, 2.75) is 24.9 Å². The molecule has 3 heteroatoms. The molecule has 0 aromatic carbocycles. The highest BCUT2D eigenvalue weighted by Crippen LogP contribution is 2.26. The Morgan fingerprint density at radius 2 is 2.23 bits per heavy atom. The molecule has 2 heterocycles. The Morgan fingerprint density at radius 3 is 3.00 bits per heavy atom. The van der Waals surface area contributed by atoms with Gasteiger partial charge in [-0.2, -0.15) is 0 Å². The van der Waals surface area contributed by atoms with Crippen LogP contribution in [-0.4, -0.2) is 62.3 Å². The van der Waals surface area contributed by atoms with E-state index >= 15 is 0 Å². The molecule has 2 aliphatic rings. The predicted molar refractivity (Wildman–Crippen MR) is 52.9 cm³/mol. The number of nitrogens with zero attached hydrogens (tertiary/aromatic N) is 2. The summed E-state index contributed by atoms with van der Waals surface area (Å²) in [6, 6.07) is 1.50. The van der Waals surface area contributed by atoms with Gasteiger partial charge in [0.05, 0.1) is 13.2 Å². The van der Waals surface area contributed by atoms with Crippen LogP contribution < -0.4 is 0 Å². The van der Waals surface area contributed by atoms with E-state index in [1.54, 1.807) is 0 Å². The van der Waals surface area contributed by atoms with Gasteiger partial charge in [0.15, 0.2) is 0 Å². The van der Waals surface area contributed by atoms with Crippen LogP contribution in [0, 0.1) is 0 Å². The van der Waals surface area contributed by atoms with Crippen molar-refractivity contribution in [3.05, 3.63) is 0 Å². The Hall–Kier alpha value is -0.120. The first-order valence-corrected chi connectivity index (χ1v) is 5.25. The Kier molecular flexibility index (Phi) is 2.86. The molecule has 2 atom stereocenters. The lowest BCUT2D eigenvalue weighted by atomic mass is 10.2. The average molecular weight is 184 g/mol. The van der Waals surface area contributed by atoms with Gasteiger partial charge in [-0.15, -0.1) is 0 Å². The third kappa shape index (κ3) is 2.03. The molecule has 2 rings (SSSR count). The van der Waals surface area contributed by atoms with Crippen LogP contribution in [0.4, 0.5) is 0 Å². The Morgan fingerprint density at radius 1 is 1.38 bits per heavy atom. The first kappa shape index (κ1) is 9.44. The predicted octanol–water partition coefficient (Wildman–Crippen LogP) is 0.411. The van der Waals surface area contributed by atoms with Gasteiger partial charge in [-0.05, 0) is 26.9 Å². The molecule has 0 bridgehead atoms. The van der Waals surface area contributed by atoms with Crippen molar-refractivity contribution in [3.8, 4) is 0 Å². The van der Waals surface area contributed by atoms with Gasteiger partial charge in [0.2, 0.25) is 0 Å². The van der Waals surface area contributed by atoms with Gasteiger partial charge in [0.1, 0.15) is 0 Å². The maximum absolute atomic E-state index is 5.48. The third-order valence-corrected chi connectivity index (χ3v) is 3.15. The smallest absolute Gasteiger partial charge is 0.0622 e. The molecule has 0 N–H and O–H groups in total. The molecule has 76 valence electrons. The minimum absolute atomic E-state index is 0.721. The monoisotopic (exact) mass is 184 g/mol. The number of morpholine rings is 1. The normalized spacial score (nSPS) is 35.3. The fraction of sp³-hybridized carbons (Fsp3) is 1.00. The summed E-state index contributed by atoms with van der Waals surface area (Å²) in [5.74, 6) is 0. The molecule has 0 radical (unpaired) electrons. The highest BCUT2D eigenvalue weighted by atomic mass is 16.5. The zero-order valence-corrected chi connectivity index (χ0v) is 8.70. The van der Waals surface area contributed by atoms with E-state index in [2.05, 4.69) is 23.9 Å². The standard InChI is InChI=1S/C10H20N2O/c1-11(2)7-9-3-4-10-8-13-6-5-12(9)10/h9-10H,3-8H2,1-2H3. The van der Waals surface area contributed by atoms with Gasteiger partial charge in [-0.3, -0.25) is 4.90 Å². The van der Waals surface area contributed by atoms with Crippen molar-refractivity contribution in [1.29, 1.82) is 0 Å². The van der Waals surface area contributed by atoms with Crippen LogP contribution in [-0.2, 0) is 4.74 Å². The zero-order chi connectivity index (χ0) is 9.26. The lowest BCUT2D eigenvalue weighted by Crippen LogP contribution is -2.47. The zero-order valence-electron chi connectivity index (χ0n) is 8.70. The van der Waals surface area contributed by atoms with Crippen molar-refractivity contribution in [2.24, 2.45) is 0 Å². The highest BCUT2D eigenvalue weighted by Gasteiger charge is 2.35. The van der Waals surface area contributed by atoms with Crippen LogP contribution in [0.5, 0.6) is 0 Å². The second-order valence-electron chi connectivity index (χ2n) is 4.46. The summed E-state index contributed by atoms with van der Waals surface area (Å²) in [7, 11) is 4.32. The van der Waals surface area contributed by atoms with Crippen LogP contribution >= 0.6 is 0 Å². The maximum atomic E-state index is 5.48. The molecule has 0 aromatic rings. The van der Waals surface area contributed by atoms with E-state index in [-0.39, 0.29) is 0 Å². The molecule has 0 amide bonds. The topological polar surface area (TPSA) is 15.7 Å². The number of fused-ring (bicyclic) bond motifs is 1. The van der Waals surface area contributed by atoms with Gasteiger partial charge < -0.3 is 9.64 Å². The summed E-state index contributed by atoms with van der Waals surface area (Å²) >= 11 is 0. The van der Waals surface area contributed by atoms with Crippen LogP contribution in [0.2, 0.25) is 0 Å². The molecular formula is C10H20N2O. The summed E-state index contributed by atoms with van der Waals surface area (Å²) in [6.07, 6.45) is 2.69. The van der Waals surface area contributed by atoms with E-state index in [4.69, 9.17) is 4.74 Å². The van der Waals surface area contributed by atoms with E-state index in [1.807, 2.05) is 0 Å². The molecule has 0 spiro atoms. The molecule has 2 fully saturated rings. The van der Waals surface area contributed by atoms with Crippen molar-refractivity contribution in [3.63, 3.8) is 0 Å². The summed E-state index contributed by atoms with van der Waals surface area (Å²) in [5, 5.41) is 0. The summed E-state index contributed by atoms with van der Waals surface area (Å²) in [5.41, 5.74) is 0. The quantitative estimate of drug-likeness (QED) is 0.618. The van der Waals surface area contributed by atoms with Crippen molar-refractivity contribution < 1.29 is 4.74 Å². The van der Waals surface area contributed by atoms with Gasteiger partial charge in [0, 0.05) is 25.2 Å². The van der Waals surface area contributed by atoms with Crippen LogP contribution in [0.1, 0.15) is 12.8 Å². The second-order valence-corrected chi connectivity index (χ2v) is 4.46. The Labute approximate surface area is 80.6 Å². The maximum Gasteiger partial charge on any atom is 0.0622 e. The van der Waals surface area contributed by atoms with Gasteiger partial charge in [-0.25, -0.2) is 0 Å². The molecule has 2 saturated heterocycles. The molecular weight excluding hydrogens is 164 g/mol. The van der Waals surface area contributed by atoms with Crippen molar-refractivity contribution in [2.75, 3.05) is 40.4 Å². The number of likely N-dealkylation sites (N-methyl/N-ethyl adjacent to an activating group) is 1. The van der Waals surface area contributed by atoms with Crippen LogP contribution in [0.25, 0.3) is 0 Å². The highest BCUT2D eigenvalue weighted by molar-refractivity contribution is 4.90. The molecule has 13 heavy (non-hydrogen) atoms. The largest absolute Gasteiger partial charge is 0.378 e. The molecule has 0 aliphatic carbocycles. The minimum atomic E-state index is 0.721. The van der Waals surface area contributed by atoms with Gasteiger partial charge >= 0.3 is 0 Å². The average Bonchev–Trinajstić information content (AvgIpc) is 2.48. The molecule has 0 aromatic heterocycles. The molecule has 0 saturated carbocycles. The van der Waals surface area contributed by atoms with Crippen molar-refractivity contribution in [1.82, 2.24) is 9.80 Å². The Balaban J connectivity index is 1.91. The van der Waals surface area contributed by atoms with E-state index in [9.17, 15) is 0 Å². The van der Waals surface area contributed by atoms with E-state index in [0.717, 1.165) is 31.8 Å². The lowest BCUT2D eigenvalue weighted by Gasteiger charge is -2.34. The van der Waals surface area contributed by atoms with Crippen molar-refractivity contribution >= 4 is 0 Å². The first-order chi connectivity index (χ1) is 6.27. The summed E-state index contributed by atoms with van der Waals surface area (Å²) in [6.45, 7) is 4.24. The van der Waals surface area contributed by atoms with Crippen LogP contribution in [0.3, 0.4) is 0 Å². The fourth-order valence-corrected chi connectivity index (χ4v) is 2.57. The fourth-order valence-electron chi connectivity index (χ4n) is 2.57. The second kappa shape index (κ2) is 3.95. The lowest BCUT2D eigenvalue weighted by molar-refractivity contribution is -0.00598. The van der Waals surface area contributed by atoms with E-state index < -0.39 is 0 Å². The number of ether oxygens (including phenoxy) is 1. The van der Waals surface area contributed by atoms with Crippen LogP contribution in [0.15, 0.2) is 0 Å². The van der Waals surface area contributed by atoms with Gasteiger partial charge in [-0.1, -0.05) is 0 Å². The minimum Gasteiger partial charge on any atom is -0.378 e. The molecule has 2 unspecified atom stereocenters. The first-order valence-electron chi connectivity index (χ1n) is 5.25. The third-order valence-electron chi connectivity index (χ3n) is 3.15. The number of rotatable bonds is 2. The number of hydrogen-bond acceptors (Lipinski definition) is 3. The summed E-state index contributed by atoms with van der Waals surface area (Å²) in [4.78, 5) is 4.94. The Bertz CT molecular complexity index is 172. The van der Waals surface area contributed by atoms with E-state index in [1.165, 1.54) is 19.4 Å². The number of hydrogen-bond donors (Lipinski definition) is 0. The SMILES string of the molecule is CN(C)CC1CCC2COCCN21. The molecule has 3 nitrogen and oxygen atoms in total. The molecule has 2 aliphatic heterocycles. The summed E-state index contributed by atoms with van der Waals surface area (Å²) < 4.78 is 5.48. The van der Waals surface area contributed by atoms with E-state index in [0.29, 0.717) is 0 Å².